The van der Waals surface area contributed by atoms with Crippen LogP contribution in [0, 0.1) is 0 Å². The van der Waals surface area contributed by atoms with Gasteiger partial charge in [0.15, 0.2) is 17.5 Å². The Balaban J connectivity index is 1.70. The van der Waals surface area contributed by atoms with Gasteiger partial charge in [0.25, 0.3) is 5.91 Å². The van der Waals surface area contributed by atoms with E-state index < -0.39 is 12.1 Å². The fraction of sp³-hybridized carbons (Fsp3) is 0.160. The lowest BCUT2D eigenvalue weighted by atomic mass is 10.00. The van der Waals surface area contributed by atoms with E-state index in [1.54, 1.807) is 49.2 Å². The van der Waals surface area contributed by atoms with Crippen molar-refractivity contribution in [3.8, 4) is 11.5 Å². The molecule has 0 aromatic heterocycles. The second-order valence-electron chi connectivity index (χ2n) is 7.30. The molecule has 3 aromatic rings. The van der Waals surface area contributed by atoms with E-state index in [-0.39, 0.29) is 11.8 Å². The van der Waals surface area contributed by atoms with Gasteiger partial charge in [-0.25, -0.2) is 0 Å². The number of carbonyl (C=O) groups excluding carboxylic acids is 2. The summed E-state index contributed by atoms with van der Waals surface area (Å²) in [7, 11) is 3.15. The van der Waals surface area contributed by atoms with Gasteiger partial charge in [0.2, 0.25) is 12.3 Å². The number of nitrogens with zero attached hydrogens (tertiary/aromatic N) is 1. The minimum Gasteiger partial charge on any atom is -0.493 e. The Morgan fingerprint density at radius 3 is 2.25 bits per heavy atom. The van der Waals surface area contributed by atoms with Crippen LogP contribution in [0.1, 0.15) is 27.5 Å². The molecule has 1 saturated heterocycles. The largest absolute Gasteiger partial charge is 0.493 e. The molecular weight excluding hydrogens is 406 g/mol. The molecule has 2 amide bonds. The quantitative estimate of drug-likeness (QED) is 0.590. The lowest BCUT2D eigenvalue weighted by molar-refractivity contribution is -0.596. The van der Waals surface area contributed by atoms with Crippen LogP contribution in [0.4, 0.5) is 0 Å². The van der Waals surface area contributed by atoms with Crippen molar-refractivity contribution in [3.05, 3.63) is 95.6 Å². The zero-order valence-electron chi connectivity index (χ0n) is 17.8. The number of ether oxygens (including phenoxy) is 2. The molecular formula is C25H24N3O4+. The van der Waals surface area contributed by atoms with Crippen LogP contribution in [-0.4, -0.2) is 43.0 Å². The van der Waals surface area contributed by atoms with E-state index in [9.17, 15) is 9.59 Å². The SMILES string of the molecule is COc1ccc(/C=[N+]2\NC(=O)[C@@H](NC(=O)c3ccccc3)[C@@H]2c2ccccc2)cc1OC. The summed E-state index contributed by atoms with van der Waals surface area (Å²) in [6.45, 7) is 0. The predicted octanol–water partition coefficient (Wildman–Crippen LogP) is 2.72. The highest BCUT2D eigenvalue weighted by molar-refractivity contribution is 5.98. The highest BCUT2D eigenvalue weighted by Gasteiger charge is 2.47. The van der Waals surface area contributed by atoms with Crippen LogP contribution >= 0.6 is 0 Å². The molecule has 7 heteroatoms. The minimum atomic E-state index is -0.776. The zero-order valence-corrected chi connectivity index (χ0v) is 17.8. The van der Waals surface area contributed by atoms with E-state index in [1.165, 1.54) is 0 Å². The molecule has 7 nitrogen and oxygen atoms in total. The monoisotopic (exact) mass is 430 g/mol. The Morgan fingerprint density at radius 1 is 0.938 bits per heavy atom. The summed E-state index contributed by atoms with van der Waals surface area (Å²) in [4.78, 5) is 25.7. The van der Waals surface area contributed by atoms with Crippen LogP contribution in [0.15, 0.2) is 78.9 Å². The van der Waals surface area contributed by atoms with Gasteiger partial charge in [-0.2, -0.15) is 0 Å². The predicted molar refractivity (Wildman–Crippen MR) is 120 cm³/mol. The number of hydrazine groups is 1. The average Bonchev–Trinajstić information content (AvgIpc) is 3.14. The molecule has 1 heterocycles. The molecule has 0 aliphatic carbocycles. The van der Waals surface area contributed by atoms with E-state index in [0.29, 0.717) is 17.1 Å². The highest BCUT2D eigenvalue weighted by Crippen LogP contribution is 2.28. The van der Waals surface area contributed by atoms with Gasteiger partial charge in [-0.15, -0.1) is 10.1 Å². The Labute approximate surface area is 186 Å². The number of amides is 2. The normalized spacial score (nSPS) is 18.8. The van der Waals surface area contributed by atoms with Crippen LogP contribution in [0.25, 0.3) is 0 Å². The van der Waals surface area contributed by atoms with E-state index in [4.69, 9.17) is 9.47 Å². The maximum Gasteiger partial charge on any atom is 0.304 e. The molecule has 32 heavy (non-hydrogen) atoms. The first-order valence-corrected chi connectivity index (χ1v) is 10.2. The maximum absolute atomic E-state index is 12.9. The maximum atomic E-state index is 12.9. The van der Waals surface area contributed by atoms with Crippen LogP contribution in [0.5, 0.6) is 11.5 Å². The van der Waals surface area contributed by atoms with E-state index in [2.05, 4.69) is 10.7 Å². The summed E-state index contributed by atoms with van der Waals surface area (Å²) in [5.74, 6) is 0.596. The summed E-state index contributed by atoms with van der Waals surface area (Å²) in [6, 6.07) is 22.7. The first kappa shape index (κ1) is 21.1. The van der Waals surface area contributed by atoms with Crippen LogP contribution < -0.4 is 20.2 Å². The van der Waals surface area contributed by atoms with Crippen LogP contribution in [0.2, 0.25) is 0 Å². The first-order chi connectivity index (χ1) is 15.6. The molecule has 1 fully saturated rings. The van der Waals surface area contributed by atoms with Gasteiger partial charge in [0, 0.05) is 16.7 Å². The molecule has 162 valence electrons. The molecule has 0 spiro atoms. The highest BCUT2D eigenvalue weighted by atomic mass is 16.5. The Kier molecular flexibility index (Phi) is 6.17. The van der Waals surface area contributed by atoms with Crippen molar-refractivity contribution in [1.29, 1.82) is 0 Å². The van der Waals surface area contributed by atoms with Gasteiger partial charge in [-0.05, 0) is 30.3 Å². The molecule has 2 atom stereocenters. The number of nitrogens with one attached hydrogen (secondary N) is 2. The molecule has 0 saturated carbocycles. The minimum absolute atomic E-state index is 0.292. The molecule has 0 unspecified atom stereocenters. The topological polar surface area (TPSA) is 79.7 Å². The van der Waals surface area contributed by atoms with Crippen molar-refractivity contribution in [1.82, 2.24) is 10.7 Å². The summed E-state index contributed by atoms with van der Waals surface area (Å²) < 4.78 is 12.4. The van der Waals surface area contributed by atoms with Gasteiger partial charge >= 0.3 is 5.91 Å². The first-order valence-electron chi connectivity index (χ1n) is 10.2. The summed E-state index contributed by atoms with van der Waals surface area (Å²) in [6.07, 6.45) is 1.81. The van der Waals surface area contributed by atoms with Gasteiger partial charge < -0.3 is 14.8 Å². The Hall–Kier alpha value is -4.13. The number of rotatable bonds is 6. The van der Waals surface area contributed by atoms with Gasteiger partial charge in [-0.1, -0.05) is 48.5 Å². The Morgan fingerprint density at radius 2 is 1.59 bits per heavy atom. The number of benzene rings is 3. The summed E-state index contributed by atoms with van der Waals surface area (Å²) >= 11 is 0. The van der Waals surface area contributed by atoms with Crippen molar-refractivity contribution < 1.29 is 23.7 Å². The molecule has 1 aliphatic heterocycles. The number of methoxy groups -OCH3 is 2. The molecule has 2 N–H and O–H groups in total. The molecule has 1 aliphatic rings. The fourth-order valence-electron chi connectivity index (χ4n) is 3.74. The third-order valence-electron chi connectivity index (χ3n) is 5.30. The number of hydrogen-bond donors (Lipinski definition) is 2. The third kappa shape index (κ3) is 4.32. The zero-order chi connectivity index (χ0) is 22.5. The van der Waals surface area contributed by atoms with E-state index >= 15 is 0 Å². The van der Waals surface area contributed by atoms with Gasteiger partial charge in [-0.3, -0.25) is 9.59 Å². The number of hydrogen-bond acceptors (Lipinski definition) is 4. The summed E-state index contributed by atoms with van der Waals surface area (Å²) in [5, 5.41) is 2.89. The van der Waals surface area contributed by atoms with Crippen LogP contribution in [0.3, 0.4) is 0 Å². The van der Waals surface area contributed by atoms with Crippen molar-refractivity contribution >= 4 is 18.0 Å². The van der Waals surface area contributed by atoms with E-state index in [1.807, 2.05) is 54.7 Å². The number of hydrazone groups is 1. The standard InChI is InChI=1S/C25H23N3O4/c1-31-20-14-13-17(15-21(20)32-2)16-28-23(18-9-5-3-6-10-18)22(25(30)27-28)26-24(29)19-11-7-4-8-12-19/h3-16,22-23H,1-2H3,(H-,26,27,29,30)/p+1/b28-16-/t22-,23-/m0/s1. The second-order valence-corrected chi connectivity index (χ2v) is 7.30. The summed E-state index contributed by atoms with van der Waals surface area (Å²) in [5.41, 5.74) is 5.07. The molecule has 0 radical (unpaired) electrons. The van der Waals surface area contributed by atoms with Crippen molar-refractivity contribution in [3.63, 3.8) is 0 Å². The Bertz CT molecular complexity index is 1150. The molecule has 0 bridgehead atoms. The average molecular weight is 430 g/mol. The molecule has 4 rings (SSSR count). The number of carbonyl (C=O) groups is 2. The van der Waals surface area contributed by atoms with E-state index in [0.717, 1.165) is 11.1 Å². The van der Waals surface area contributed by atoms with Crippen molar-refractivity contribution in [2.45, 2.75) is 12.1 Å². The van der Waals surface area contributed by atoms with Crippen molar-refractivity contribution in [2.75, 3.05) is 14.2 Å². The lowest BCUT2D eigenvalue weighted by Gasteiger charge is -2.14. The van der Waals surface area contributed by atoms with Gasteiger partial charge in [0.1, 0.15) is 0 Å². The second kappa shape index (κ2) is 9.34. The van der Waals surface area contributed by atoms with Crippen molar-refractivity contribution in [2.24, 2.45) is 0 Å². The van der Waals surface area contributed by atoms with Crippen LogP contribution in [-0.2, 0) is 4.79 Å². The lowest BCUT2D eigenvalue weighted by Crippen LogP contribution is -2.42. The smallest absolute Gasteiger partial charge is 0.304 e. The third-order valence-corrected chi connectivity index (χ3v) is 5.30. The fourth-order valence-corrected chi connectivity index (χ4v) is 3.74. The molecule has 3 aromatic carbocycles. The van der Waals surface area contributed by atoms with Gasteiger partial charge in [0.05, 0.1) is 14.2 Å².